The van der Waals surface area contributed by atoms with Gasteiger partial charge in [-0.3, -0.25) is 14.4 Å². The van der Waals surface area contributed by atoms with Crippen molar-refractivity contribution in [1.29, 1.82) is 0 Å². The van der Waals surface area contributed by atoms with E-state index >= 15 is 0 Å². The van der Waals surface area contributed by atoms with Crippen LogP contribution in [0, 0.1) is 11.8 Å². The summed E-state index contributed by atoms with van der Waals surface area (Å²) in [5.74, 6) is -0.234. The Kier molecular flexibility index (Phi) is 12.8. The summed E-state index contributed by atoms with van der Waals surface area (Å²) >= 11 is 0. The minimum absolute atomic E-state index is 0.111. The number of alkyl carbamates (subject to hydrolysis) is 2. The predicted octanol–water partition coefficient (Wildman–Crippen LogP) is 4.78. The fraction of sp³-hybridized carbons (Fsp3) is 0.487. The Morgan fingerprint density at radius 1 is 0.755 bits per heavy atom. The third-order valence-electron chi connectivity index (χ3n) is 10.0. The highest BCUT2D eigenvalue weighted by molar-refractivity contribution is 5.92. The number of carbonyl (C=O) groups excluding carboxylic acids is 5. The van der Waals surface area contributed by atoms with Crippen LogP contribution < -0.4 is 16.0 Å². The molecule has 3 aromatic rings. The van der Waals surface area contributed by atoms with Crippen LogP contribution in [0.15, 0.2) is 54.7 Å². The molecule has 2 saturated heterocycles. The van der Waals surface area contributed by atoms with Crippen LogP contribution in [0.25, 0.3) is 22.4 Å². The number of nitrogens with zero attached hydrogens (tertiary/aromatic N) is 3. The topological polar surface area (TPSA) is 175 Å². The Balaban J connectivity index is 1.17. The van der Waals surface area contributed by atoms with Gasteiger partial charge in [0.15, 0.2) is 0 Å². The van der Waals surface area contributed by atoms with Crippen molar-refractivity contribution in [3.05, 3.63) is 66.1 Å². The lowest BCUT2D eigenvalue weighted by Crippen LogP contribution is -2.55. The number of imidazole rings is 1. The molecule has 0 bridgehead atoms. The highest BCUT2D eigenvalue weighted by Gasteiger charge is 2.39. The van der Waals surface area contributed by atoms with Gasteiger partial charge in [0.2, 0.25) is 17.7 Å². The molecule has 0 radical (unpaired) electrons. The maximum Gasteiger partial charge on any atom is 0.407 e. The highest BCUT2D eigenvalue weighted by Crippen LogP contribution is 2.33. The van der Waals surface area contributed by atoms with Crippen LogP contribution in [0.3, 0.4) is 0 Å². The van der Waals surface area contributed by atoms with Crippen LogP contribution >= 0.6 is 0 Å². The summed E-state index contributed by atoms with van der Waals surface area (Å²) in [6.07, 6.45) is 3.34. The van der Waals surface area contributed by atoms with Crippen molar-refractivity contribution in [2.75, 3.05) is 27.3 Å². The number of hydrogen-bond acceptors (Lipinski definition) is 8. The van der Waals surface area contributed by atoms with E-state index in [0.717, 1.165) is 40.8 Å². The van der Waals surface area contributed by atoms with Crippen LogP contribution in [0.1, 0.15) is 70.8 Å². The van der Waals surface area contributed by atoms with E-state index in [1.165, 1.54) is 14.2 Å². The molecular formula is C39H51N7O7. The second-order valence-electron chi connectivity index (χ2n) is 14.3. The standard InChI is InChI=1S/C39H51N7O7/c1-23(2)32(43-38(50)52-5)36(48)45-19-7-9-30(45)34-40-22-29(42-34)28-17-15-27(16-18-28)26-13-11-25(12-14-26)21-41-35(47)31-10-8-20-46(31)37(49)33(24(3)4)44-39(51)53-6/h11-18,22-24,30-33H,7-10,19-21H2,1-6H3,(H,40,42)(H,41,47)(H,43,50)(H,44,51). The first-order valence-corrected chi connectivity index (χ1v) is 18.2. The second kappa shape index (κ2) is 17.4. The van der Waals surface area contributed by atoms with Crippen LogP contribution in [-0.4, -0.2) is 95.1 Å². The van der Waals surface area contributed by atoms with E-state index in [0.29, 0.717) is 38.3 Å². The molecule has 5 rings (SSSR count). The molecule has 14 nitrogen and oxygen atoms in total. The Bertz CT molecular complexity index is 1760. The van der Waals surface area contributed by atoms with Crippen molar-refractivity contribution in [2.45, 2.75) is 84.1 Å². The van der Waals surface area contributed by atoms with Gasteiger partial charge in [-0.25, -0.2) is 14.6 Å². The normalized spacial score (nSPS) is 18.1. The summed E-state index contributed by atoms with van der Waals surface area (Å²) in [6, 6.07) is 13.8. The number of carbonyl (C=O) groups is 5. The van der Waals surface area contributed by atoms with E-state index in [-0.39, 0.29) is 35.6 Å². The molecule has 2 aliphatic heterocycles. The number of amides is 5. The zero-order valence-electron chi connectivity index (χ0n) is 31.3. The van der Waals surface area contributed by atoms with Gasteiger partial charge in [0.25, 0.3) is 0 Å². The van der Waals surface area contributed by atoms with Gasteiger partial charge in [-0.05, 0) is 59.8 Å². The lowest BCUT2D eigenvalue weighted by atomic mass is 10.0. The average molecular weight is 730 g/mol. The summed E-state index contributed by atoms with van der Waals surface area (Å²) in [7, 11) is 2.53. The van der Waals surface area contributed by atoms with Crippen molar-refractivity contribution in [3.8, 4) is 22.4 Å². The quantitative estimate of drug-likeness (QED) is 0.206. The number of H-pyrrole nitrogens is 1. The number of nitrogens with one attached hydrogen (secondary N) is 4. The van der Waals surface area contributed by atoms with E-state index in [9.17, 15) is 24.0 Å². The molecule has 14 heteroatoms. The van der Waals surface area contributed by atoms with E-state index in [2.05, 4.69) is 30.7 Å². The van der Waals surface area contributed by atoms with Crippen LogP contribution in [-0.2, 0) is 30.4 Å². The average Bonchev–Trinajstić information content (AvgIpc) is 3.96. The van der Waals surface area contributed by atoms with Gasteiger partial charge in [0.05, 0.1) is 32.2 Å². The minimum Gasteiger partial charge on any atom is -0.453 e. The first-order valence-electron chi connectivity index (χ1n) is 18.2. The van der Waals surface area contributed by atoms with Crippen LogP contribution in [0.4, 0.5) is 9.59 Å². The summed E-state index contributed by atoms with van der Waals surface area (Å²) in [4.78, 5) is 75.2. The first-order chi connectivity index (χ1) is 25.4. The zero-order chi connectivity index (χ0) is 38.2. The van der Waals surface area contributed by atoms with Gasteiger partial charge in [0.1, 0.15) is 23.9 Å². The molecule has 4 unspecified atom stereocenters. The summed E-state index contributed by atoms with van der Waals surface area (Å²) < 4.78 is 9.43. The van der Waals surface area contributed by atoms with Crippen molar-refractivity contribution >= 4 is 29.9 Å². The molecule has 3 heterocycles. The molecule has 4 atom stereocenters. The fourth-order valence-corrected chi connectivity index (χ4v) is 6.99. The Morgan fingerprint density at radius 3 is 1.83 bits per heavy atom. The van der Waals surface area contributed by atoms with E-state index in [1.807, 2.05) is 76.2 Å². The molecule has 284 valence electrons. The summed E-state index contributed by atoms with van der Waals surface area (Å²) in [5.41, 5.74) is 4.76. The molecule has 0 aliphatic carbocycles. The second-order valence-corrected chi connectivity index (χ2v) is 14.3. The minimum atomic E-state index is -0.781. The molecule has 2 fully saturated rings. The van der Waals surface area contributed by atoms with Crippen LogP contribution in [0.2, 0.25) is 0 Å². The number of methoxy groups -OCH3 is 2. The van der Waals surface area contributed by atoms with Crippen molar-refractivity contribution in [2.24, 2.45) is 11.8 Å². The molecule has 53 heavy (non-hydrogen) atoms. The SMILES string of the molecule is COC(=O)NC(C(=O)N1CCCC1C(=O)NCc1ccc(-c2ccc(-c3cnc(C4CCCN4C(=O)C(NC(=O)OC)C(C)C)[nH]3)cc2)cc1)C(C)C. The van der Waals surface area contributed by atoms with E-state index < -0.39 is 30.3 Å². The van der Waals surface area contributed by atoms with Gasteiger partial charge in [-0.15, -0.1) is 0 Å². The third kappa shape index (κ3) is 9.16. The van der Waals surface area contributed by atoms with E-state index in [4.69, 9.17) is 4.74 Å². The maximum absolute atomic E-state index is 13.5. The molecular weight excluding hydrogens is 678 g/mol. The zero-order valence-corrected chi connectivity index (χ0v) is 31.3. The number of aromatic nitrogens is 2. The fourth-order valence-electron chi connectivity index (χ4n) is 6.99. The van der Waals surface area contributed by atoms with Gasteiger partial charge >= 0.3 is 12.2 Å². The lowest BCUT2D eigenvalue weighted by molar-refractivity contribution is -0.140. The molecule has 2 aliphatic rings. The van der Waals surface area contributed by atoms with Gasteiger partial charge in [0, 0.05) is 19.6 Å². The largest absolute Gasteiger partial charge is 0.453 e. The van der Waals surface area contributed by atoms with Crippen molar-refractivity contribution < 1.29 is 33.4 Å². The third-order valence-corrected chi connectivity index (χ3v) is 10.0. The molecule has 1 aromatic heterocycles. The Labute approximate surface area is 310 Å². The molecule has 5 amide bonds. The van der Waals surface area contributed by atoms with E-state index in [1.54, 1.807) is 16.0 Å². The highest BCUT2D eigenvalue weighted by atomic mass is 16.5. The molecule has 0 saturated carbocycles. The summed E-state index contributed by atoms with van der Waals surface area (Å²) in [6.45, 7) is 8.81. The number of benzene rings is 2. The lowest BCUT2D eigenvalue weighted by Gasteiger charge is -2.30. The maximum atomic E-state index is 13.5. The van der Waals surface area contributed by atoms with Crippen LogP contribution in [0.5, 0.6) is 0 Å². The van der Waals surface area contributed by atoms with Crippen molar-refractivity contribution in [3.63, 3.8) is 0 Å². The Morgan fingerprint density at radius 2 is 1.26 bits per heavy atom. The van der Waals surface area contributed by atoms with Gasteiger partial charge in [-0.2, -0.15) is 0 Å². The molecule has 0 spiro atoms. The van der Waals surface area contributed by atoms with Gasteiger partial charge < -0.3 is 40.2 Å². The van der Waals surface area contributed by atoms with Gasteiger partial charge in [-0.1, -0.05) is 76.2 Å². The number of hydrogen-bond donors (Lipinski definition) is 4. The Hall–Kier alpha value is -5.40. The smallest absolute Gasteiger partial charge is 0.407 e. The molecule has 2 aromatic carbocycles. The monoisotopic (exact) mass is 729 g/mol. The first kappa shape index (κ1) is 38.8. The van der Waals surface area contributed by atoms with Crippen molar-refractivity contribution in [1.82, 2.24) is 35.7 Å². The predicted molar refractivity (Wildman–Crippen MR) is 198 cm³/mol. The number of aromatic amines is 1. The number of rotatable bonds is 12. The number of likely N-dealkylation sites (tertiary alicyclic amines) is 2. The summed E-state index contributed by atoms with van der Waals surface area (Å²) in [5, 5.41) is 8.27. The number of ether oxygens (including phenoxy) is 2. The molecule has 4 N–H and O–H groups in total.